The number of sulfonamides is 1. The molecule has 1 N–H and O–H groups in total. The van der Waals surface area contributed by atoms with Crippen molar-refractivity contribution in [3.05, 3.63) is 66.0 Å². The number of piperidine rings is 1. The third kappa shape index (κ3) is 5.42. The molecule has 0 aromatic heterocycles. The topological polar surface area (TPSA) is 66.5 Å². The molecule has 2 aromatic rings. The van der Waals surface area contributed by atoms with Gasteiger partial charge in [-0.15, -0.1) is 0 Å². The number of aryl methyl sites for hydroxylation is 1. The molecular formula is C22H27FN2O3S. The van der Waals surface area contributed by atoms with E-state index in [-0.39, 0.29) is 35.9 Å². The second kappa shape index (κ2) is 9.50. The average Bonchev–Trinajstić information content (AvgIpc) is 2.73. The van der Waals surface area contributed by atoms with Crippen molar-refractivity contribution in [2.75, 3.05) is 13.1 Å². The molecule has 2 aromatic carbocycles. The van der Waals surface area contributed by atoms with Gasteiger partial charge in [-0.1, -0.05) is 42.5 Å². The van der Waals surface area contributed by atoms with Crippen LogP contribution in [0.1, 0.15) is 31.7 Å². The van der Waals surface area contributed by atoms with E-state index >= 15 is 0 Å². The number of hydrogen-bond acceptors (Lipinski definition) is 3. The number of hydrogen-bond donors (Lipinski definition) is 1. The minimum Gasteiger partial charge on any atom is -0.353 e. The summed E-state index contributed by atoms with van der Waals surface area (Å²) in [6.45, 7) is 2.42. The van der Waals surface area contributed by atoms with E-state index in [2.05, 4.69) is 17.4 Å². The van der Waals surface area contributed by atoms with Gasteiger partial charge in [-0.25, -0.2) is 12.8 Å². The third-order valence-electron chi connectivity index (χ3n) is 5.38. The Hall–Kier alpha value is -2.25. The van der Waals surface area contributed by atoms with Crippen molar-refractivity contribution in [3.8, 4) is 0 Å². The van der Waals surface area contributed by atoms with Crippen molar-refractivity contribution in [2.24, 2.45) is 5.92 Å². The fourth-order valence-electron chi connectivity index (χ4n) is 3.61. The van der Waals surface area contributed by atoms with Gasteiger partial charge in [0.05, 0.1) is 0 Å². The van der Waals surface area contributed by atoms with Crippen molar-refractivity contribution < 1.29 is 17.6 Å². The number of carbonyl (C=O) groups excluding carboxylic acids is 1. The molecule has 1 heterocycles. The van der Waals surface area contributed by atoms with Gasteiger partial charge in [0.15, 0.2) is 0 Å². The molecule has 7 heteroatoms. The zero-order valence-corrected chi connectivity index (χ0v) is 17.4. The van der Waals surface area contributed by atoms with E-state index in [0.717, 1.165) is 18.9 Å². The Morgan fingerprint density at radius 1 is 1.10 bits per heavy atom. The Kier molecular flexibility index (Phi) is 7.03. The Labute approximate surface area is 172 Å². The first kappa shape index (κ1) is 21.5. The van der Waals surface area contributed by atoms with Gasteiger partial charge >= 0.3 is 0 Å². The first-order chi connectivity index (χ1) is 13.9. The van der Waals surface area contributed by atoms with Crippen LogP contribution in [0.25, 0.3) is 0 Å². The molecule has 1 atom stereocenters. The highest BCUT2D eigenvalue weighted by Gasteiger charge is 2.33. The molecule has 0 unspecified atom stereocenters. The maximum atomic E-state index is 13.9. The number of carbonyl (C=O) groups is 1. The van der Waals surface area contributed by atoms with Gasteiger partial charge in [0.2, 0.25) is 15.9 Å². The highest BCUT2D eigenvalue weighted by Crippen LogP contribution is 2.25. The summed E-state index contributed by atoms with van der Waals surface area (Å²) in [4.78, 5) is 12.3. The zero-order chi connectivity index (χ0) is 20.9. The Morgan fingerprint density at radius 2 is 1.72 bits per heavy atom. The zero-order valence-electron chi connectivity index (χ0n) is 16.6. The smallest absolute Gasteiger partial charge is 0.245 e. The van der Waals surface area contributed by atoms with E-state index < -0.39 is 15.8 Å². The molecule has 0 spiro atoms. The summed E-state index contributed by atoms with van der Waals surface area (Å²) in [6, 6.07) is 15.6. The molecule has 1 amide bonds. The lowest BCUT2D eigenvalue weighted by molar-refractivity contribution is -0.126. The van der Waals surface area contributed by atoms with E-state index in [1.165, 1.54) is 28.1 Å². The number of nitrogens with zero attached hydrogens (tertiary/aromatic N) is 1. The van der Waals surface area contributed by atoms with Crippen LogP contribution in [-0.2, 0) is 21.2 Å². The van der Waals surface area contributed by atoms with Gasteiger partial charge in [-0.2, -0.15) is 4.31 Å². The van der Waals surface area contributed by atoms with Crippen LogP contribution in [0.2, 0.25) is 0 Å². The quantitative estimate of drug-likeness (QED) is 0.750. The van der Waals surface area contributed by atoms with Crippen molar-refractivity contribution in [3.63, 3.8) is 0 Å². The second-order valence-corrected chi connectivity index (χ2v) is 9.45. The largest absolute Gasteiger partial charge is 0.353 e. The van der Waals surface area contributed by atoms with Crippen LogP contribution in [0.15, 0.2) is 59.5 Å². The van der Waals surface area contributed by atoms with Crippen LogP contribution in [0, 0.1) is 11.7 Å². The summed E-state index contributed by atoms with van der Waals surface area (Å²) < 4.78 is 40.5. The second-order valence-electron chi connectivity index (χ2n) is 7.54. The third-order valence-corrected chi connectivity index (χ3v) is 7.31. The molecule has 0 aliphatic carbocycles. The molecule has 0 radical (unpaired) electrons. The normalized spacial score (nSPS) is 17.0. The fraction of sp³-hybridized carbons (Fsp3) is 0.409. The monoisotopic (exact) mass is 418 g/mol. The summed E-state index contributed by atoms with van der Waals surface area (Å²) in [5, 5.41) is 3.05. The minimum atomic E-state index is -3.88. The van der Waals surface area contributed by atoms with Crippen LogP contribution in [0.3, 0.4) is 0 Å². The molecule has 1 saturated heterocycles. The van der Waals surface area contributed by atoms with Crippen molar-refractivity contribution in [1.29, 1.82) is 0 Å². The number of rotatable bonds is 7. The summed E-state index contributed by atoms with van der Waals surface area (Å²) >= 11 is 0. The van der Waals surface area contributed by atoms with E-state index in [9.17, 15) is 17.6 Å². The number of halogens is 1. The van der Waals surface area contributed by atoms with E-state index in [4.69, 9.17) is 0 Å². The van der Waals surface area contributed by atoms with Crippen molar-refractivity contribution >= 4 is 15.9 Å². The molecule has 0 saturated carbocycles. The standard InChI is InChI=1S/C22H27FN2O3S/c1-17(11-12-18-7-3-2-4-8-18)24-22(26)19-13-15-25(16-14-19)29(27,28)21-10-6-5-9-20(21)23/h2-10,17,19H,11-16H2,1H3,(H,24,26)/t17-/m1/s1. The van der Waals surface area contributed by atoms with Crippen molar-refractivity contribution in [1.82, 2.24) is 9.62 Å². The van der Waals surface area contributed by atoms with Gasteiger partial charge in [0, 0.05) is 25.0 Å². The van der Waals surface area contributed by atoms with Crippen LogP contribution in [0.4, 0.5) is 4.39 Å². The van der Waals surface area contributed by atoms with Crippen molar-refractivity contribution in [2.45, 2.75) is 43.5 Å². The Bertz CT molecular complexity index is 926. The van der Waals surface area contributed by atoms with E-state index in [1.54, 1.807) is 0 Å². The lowest BCUT2D eigenvalue weighted by atomic mass is 9.96. The van der Waals surface area contributed by atoms with Crippen LogP contribution in [-0.4, -0.2) is 37.8 Å². The van der Waals surface area contributed by atoms with Gasteiger partial charge in [0.25, 0.3) is 0 Å². The summed E-state index contributed by atoms with van der Waals surface area (Å²) in [7, 11) is -3.88. The molecule has 5 nitrogen and oxygen atoms in total. The fourth-order valence-corrected chi connectivity index (χ4v) is 5.15. The molecule has 3 rings (SSSR count). The first-order valence-corrected chi connectivity index (χ1v) is 11.4. The average molecular weight is 419 g/mol. The molecule has 1 aliphatic heterocycles. The predicted molar refractivity (Wildman–Crippen MR) is 110 cm³/mol. The van der Waals surface area contributed by atoms with E-state index in [1.807, 2.05) is 25.1 Å². The minimum absolute atomic E-state index is 0.0338. The SMILES string of the molecule is C[C@H](CCc1ccccc1)NC(=O)C1CCN(S(=O)(=O)c2ccccc2F)CC1. The van der Waals surface area contributed by atoms with Gasteiger partial charge in [-0.3, -0.25) is 4.79 Å². The summed E-state index contributed by atoms with van der Waals surface area (Å²) in [6.07, 6.45) is 2.60. The number of amides is 1. The first-order valence-electron chi connectivity index (χ1n) is 9.97. The molecule has 29 heavy (non-hydrogen) atoms. The maximum absolute atomic E-state index is 13.9. The predicted octanol–water partition coefficient (Wildman–Crippen LogP) is 3.36. The van der Waals surface area contributed by atoms with Crippen LogP contribution >= 0.6 is 0 Å². The summed E-state index contributed by atoms with van der Waals surface area (Å²) in [5.74, 6) is -1.01. The van der Waals surface area contributed by atoms with Crippen LogP contribution < -0.4 is 5.32 Å². The molecular weight excluding hydrogens is 391 g/mol. The molecule has 156 valence electrons. The highest BCUT2D eigenvalue weighted by molar-refractivity contribution is 7.89. The molecule has 1 aliphatic rings. The summed E-state index contributed by atoms with van der Waals surface area (Å²) in [5.41, 5.74) is 1.24. The lowest BCUT2D eigenvalue weighted by Gasteiger charge is -2.31. The molecule has 0 bridgehead atoms. The number of nitrogens with one attached hydrogen (secondary N) is 1. The Morgan fingerprint density at radius 3 is 2.38 bits per heavy atom. The maximum Gasteiger partial charge on any atom is 0.245 e. The highest BCUT2D eigenvalue weighted by atomic mass is 32.2. The molecule has 1 fully saturated rings. The van der Waals surface area contributed by atoms with Crippen LogP contribution in [0.5, 0.6) is 0 Å². The number of benzene rings is 2. The van der Waals surface area contributed by atoms with Gasteiger partial charge in [0.1, 0.15) is 10.7 Å². The van der Waals surface area contributed by atoms with Gasteiger partial charge in [-0.05, 0) is 50.3 Å². The lowest BCUT2D eigenvalue weighted by Crippen LogP contribution is -2.45. The van der Waals surface area contributed by atoms with Gasteiger partial charge < -0.3 is 5.32 Å². The van der Waals surface area contributed by atoms with E-state index in [0.29, 0.717) is 12.8 Å². The Balaban J connectivity index is 1.50.